The molecule has 1 atom stereocenters. The number of rotatable bonds is 7. The molecular weight excluding hydrogens is 308 g/mol. The first-order valence-corrected chi connectivity index (χ1v) is 9.58. The number of nitrogens with one attached hydrogen (secondary N) is 1. The minimum absolute atomic E-state index is 0.114. The third-order valence-corrected chi connectivity index (χ3v) is 5.68. The lowest BCUT2D eigenvalue weighted by Crippen LogP contribution is -2.40. The van der Waals surface area contributed by atoms with Crippen molar-refractivity contribution in [1.29, 1.82) is 0 Å². The molecule has 3 rings (SSSR count). The first kappa shape index (κ1) is 16.6. The van der Waals surface area contributed by atoms with Gasteiger partial charge in [-0.3, -0.25) is 4.79 Å². The van der Waals surface area contributed by atoms with Crippen molar-refractivity contribution in [3.63, 3.8) is 0 Å². The molecule has 1 heterocycles. The summed E-state index contributed by atoms with van der Waals surface area (Å²) in [5.41, 5.74) is 0. The lowest BCUT2D eigenvalue weighted by atomic mass is 9.95. The van der Waals surface area contributed by atoms with Crippen LogP contribution in [0, 0.1) is 0 Å². The van der Waals surface area contributed by atoms with Crippen LogP contribution in [0.1, 0.15) is 63.6 Å². The quantitative estimate of drug-likeness (QED) is 0.614. The van der Waals surface area contributed by atoms with Crippen LogP contribution in [-0.4, -0.2) is 32.0 Å². The van der Waals surface area contributed by atoms with E-state index in [1.165, 1.54) is 43.9 Å². The number of hydrogen-bond donors (Lipinski definition) is 1. The van der Waals surface area contributed by atoms with Crippen molar-refractivity contribution in [1.82, 2.24) is 20.1 Å². The van der Waals surface area contributed by atoms with E-state index in [0.29, 0.717) is 18.5 Å². The SMILES string of the molecule is C=CCn1c(SC(C)C(=O)NC2CCCCC2)nnc1C1CC1. The van der Waals surface area contributed by atoms with Crippen molar-refractivity contribution in [2.45, 2.75) is 80.8 Å². The summed E-state index contributed by atoms with van der Waals surface area (Å²) >= 11 is 1.50. The van der Waals surface area contributed by atoms with E-state index < -0.39 is 0 Å². The molecule has 0 bridgehead atoms. The minimum atomic E-state index is -0.156. The second-order valence-electron chi connectivity index (χ2n) is 6.62. The van der Waals surface area contributed by atoms with E-state index in [4.69, 9.17) is 0 Å². The first-order valence-electron chi connectivity index (χ1n) is 8.70. The number of thioether (sulfide) groups is 1. The van der Waals surface area contributed by atoms with E-state index >= 15 is 0 Å². The van der Waals surface area contributed by atoms with Crippen LogP contribution in [0.15, 0.2) is 17.8 Å². The largest absolute Gasteiger partial charge is 0.352 e. The molecule has 0 aliphatic heterocycles. The summed E-state index contributed by atoms with van der Waals surface area (Å²) in [6, 6.07) is 0.354. The van der Waals surface area contributed by atoms with Crippen molar-refractivity contribution < 1.29 is 4.79 Å². The number of nitrogens with zero attached hydrogens (tertiary/aromatic N) is 3. The van der Waals surface area contributed by atoms with Gasteiger partial charge in [0, 0.05) is 18.5 Å². The number of hydrogen-bond acceptors (Lipinski definition) is 4. The fourth-order valence-corrected chi connectivity index (χ4v) is 3.98. The average Bonchev–Trinajstić information content (AvgIpc) is 3.32. The van der Waals surface area contributed by atoms with E-state index in [1.54, 1.807) is 0 Å². The van der Waals surface area contributed by atoms with Crippen molar-refractivity contribution in [3.05, 3.63) is 18.5 Å². The molecule has 2 fully saturated rings. The summed E-state index contributed by atoms with van der Waals surface area (Å²) in [6.07, 6.45) is 10.2. The molecule has 2 saturated carbocycles. The number of aromatic nitrogens is 3. The molecule has 1 aromatic rings. The number of allylic oxidation sites excluding steroid dienone is 1. The van der Waals surface area contributed by atoms with Gasteiger partial charge in [-0.2, -0.15) is 0 Å². The molecular formula is C17H26N4OS. The third kappa shape index (κ3) is 4.16. The molecule has 0 spiro atoms. The highest BCUT2D eigenvalue weighted by atomic mass is 32.2. The third-order valence-electron chi connectivity index (χ3n) is 4.60. The topological polar surface area (TPSA) is 59.8 Å². The summed E-state index contributed by atoms with van der Waals surface area (Å²) in [4.78, 5) is 12.4. The Bertz CT molecular complexity index is 561. The standard InChI is InChI=1S/C17H26N4OS/c1-3-11-21-15(13-9-10-13)19-20-17(21)23-12(2)16(22)18-14-7-5-4-6-8-14/h3,12-14H,1,4-11H2,2H3,(H,18,22). The van der Waals surface area contributed by atoms with E-state index in [9.17, 15) is 4.79 Å². The van der Waals surface area contributed by atoms with Crippen molar-refractivity contribution in [2.24, 2.45) is 0 Å². The molecule has 126 valence electrons. The Morgan fingerprint density at radius 1 is 1.35 bits per heavy atom. The Balaban J connectivity index is 1.61. The molecule has 1 unspecified atom stereocenters. The minimum Gasteiger partial charge on any atom is -0.352 e. The summed E-state index contributed by atoms with van der Waals surface area (Å²) < 4.78 is 2.11. The van der Waals surface area contributed by atoms with Gasteiger partial charge < -0.3 is 9.88 Å². The van der Waals surface area contributed by atoms with Gasteiger partial charge in [-0.1, -0.05) is 37.1 Å². The maximum atomic E-state index is 12.4. The van der Waals surface area contributed by atoms with Crippen molar-refractivity contribution in [2.75, 3.05) is 0 Å². The number of amides is 1. The highest BCUT2D eigenvalue weighted by Crippen LogP contribution is 2.40. The van der Waals surface area contributed by atoms with E-state index in [1.807, 2.05) is 13.0 Å². The average molecular weight is 334 g/mol. The zero-order valence-corrected chi connectivity index (χ0v) is 14.6. The highest BCUT2D eigenvalue weighted by molar-refractivity contribution is 8.00. The van der Waals surface area contributed by atoms with Crippen molar-refractivity contribution >= 4 is 17.7 Å². The van der Waals surface area contributed by atoms with Gasteiger partial charge in [0.05, 0.1) is 5.25 Å². The van der Waals surface area contributed by atoms with Crippen LogP contribution < -0.4 is 5.32 Å². The number of carbonyl (C=O) groups is 1. The molecule has 1 aromatic heterocycles. The van der Waals surface area contributed by atoms with Gasteiger partial charge >= 0.3 is 0 Å². The first-order chi connectivity index (χ1) is 11.2. The Morgan fingerprint density at radius 2 is 2.09 bits per heavy atom. The molecule has 6 heteroatoms. The van der Waals surface area contributed by atoms with E-state index in [2.05, 4.69) is 26.7 Å². The summed E-state index contributed by atoms with van der Waals surface area (Å²) in [6.45, 7) is 6.48. The normalized spacial score (nSPS) is 20.2. The van der Waals surface area contributed by atoms with Crippen LogP contribution in [-0.2, 0) is 11.3 Å². The molecule has 0 saturated heterocycles. The van der Waals surface area contributed by atoms with Gasteiger partial charge in [0.1, 0.15) is 5.82 Å². The van der Waals surface area contributed by atoms with Gasteiger partial charge in [0.25, 0.3) is 0 Å². The second kappa shape index (κ2) is 7.51. The highest BCUT2D eigenvalue weighted by Gasteiger charge is 2.31. The molecule has 23 heavy (non-hydrogen) atoms. The summed E-state index contributed by atoms with van der Waals surface area (Å²) in [5.74, 6) is 1.71. The monoisotopic (exact) mass is 334 g/mol. The van der Waals surface area contributed by atoms with Crippen LogP contribution in [0.4, 0.5) is 0 Å². The lowest BCUT2D eigenvalue weighted by Gasteiger charge is -2.24. The fraction of sp³-hybridized carbons (Fsp3) is 0.706. The fourth-order valence-electron chi connectivity index (χ4n) is 3.11. The zero-order chi connectivity index (χ0) is 16.2. The van der Waals surface area contributed by atoms with Crippen molar-refractivity contribution in [3.8, 4) is 0 Å². The Kier molecular flexibility index (Phi) is 5.41. The molecule has 1 N–H and O–H groups in total. The Hall–Kier alpha value is -1.30. The molecule has 0 radical (unpaired) electrons. The summed E-state index contributed by atoms with van der Waals surface area (Å²) in [7, 11) is 0. The van der Waals surface area contributed by atoms with Gasteiger partial charge in [0.2, 0.25) is 5.91 Å². The smallest absolute Gasteiger partial charge is 0.233 e. The number of carbonyl (C=O) groups excluding carboxylic acids is 1. The summed E-state index contributed by atoms with van der Waals surface area (Å²) in [5, 5.41) is 12.5. The van der Waals surface area contributed by atoms with Crippen LogP contribution >= 0.6 is 11.8 Å². The van der Waals surface area contributed by atoms with Crippen LogP contribution in [0.5, 0.6) is 0 Å². The van der Waals surface area contributed by atoms with Crippen LogP contribution in [0.3, 0.4) is 0 Å². The maximum absolute atomic E-state index is 12.4. The van der Waals surface area contributed by atoms with E-state index in [0.717, 1.165) is 23.8 Å². The lowest BCUT2D eigenvalue weighted by molar-refractivity contribution is -0.121. The maximum Gasteiger partial charge on any atom is 0.233 e. The van der Waals surface area contributed by atoms with Gasteiger partial charge in [-0.25, -0.2) is 0 Å². The van der Waals surface area contributed by atoms with Gasteiger partial charge in [-0.05, 0) is 32.6 Å². The molecule has 0 aromatic carbocycles. The molecule has 1 amide bonds. The second-order valence-corrected chi connectivity index (χ2v) is 7.93. The molecule has 2 aliphatic rings. The predicted octanol–water partition coefficient (Wildman–Crippen LogP) is 3.27. The van der Waals surface area contributed by atoms with Crippen LogP contribution in [0.25, 0.3) is 0 Å². The molecule has 5 nitrogen and oxygen atoms in total. The Labute approximate surface area is 142 Å². The molecule has 2 aliphatic carbocycles. The van der Waals surface area contributed by atoms with Gasteiger partial charge in [-0.15, -0.1) is 16.8 Å². The predicted molar refractivity (Wildman–Crippen MR) is 92.5 cm³/mol. The zero-order valence-electron chi connectivity index (χ0n) is 13.8. The van der Waals surface area contributed by atoms with Crippen LogP contribution in [0.2, 0.25) is 0 Å². The van der Waals surface area contributed by atoms with Gasteiger partial charge in [0.15, 0.2) is 5.16 Å². The van der Waals surface area contributed by atoms with E-state index in [-0.39, 0.29) is 11.2 Å². The Morgan fingerprint density at radius 3 is 2.74 bits per heavy atom.